The van der Waals surface area contributed by atoms with Crippen LogP contribution >= 0.6 is 15.9 Å². The van der Waals surface area contributed by atoms with Gasteiger partial charge in [0.05, 0.1) is 12.0 Å². The standard InChI is InChI=1S/C10H9BrN2O/c11-7-3-4-8(13-6-7)10(12)9-2-1-5-14-9/h1-6,10H,12H2. The highest BCUT2D eigenvalue weighted by Gasteiger charge is 2.12. The van der Waals surface area contributed by atoms with Gasteiger partial charge in [0.25, 0.3) is 0 Å². The Bertz CT molecular complexity index is 397. The Hall–Kier alpha value is -1.13. The summed E-state index contributed by atoms with van der Waals surface area (Å²) in [7, 11) is 0. The second-order valence-electron chi connectivity index (χ2n) is 2.89. The smallest absolute Gasteiger partial charge is 0.126 e. The first kappa shape index (κ1) is 9.43. The van der Waals surface area contributed by atoms with Crippen molar-refractivity contribution in [2.75, 3.05) is 0 Å². The fourth-order valence-corrected chi connectivity index (χ4v) is 1.42. The van der Waals surface area contributed by atoms with Crippen LogP contribution in [0.25, 0.3) is 0 Å². The Balaban J connectivity index is 2.28. The van der Waals surface area contributed by atoms with Gasteiger partial charge >= 0.3 is 0 Å². The highest BCUT2D eigenvalue weighted by Crippen LogP contribution is 2.19. The van der Waals surface area contributed by atoms with E-state index in [1.54, 1.807) is 12.5 Å². The fourth-order valence-electron chi connectivity index (χ4n) is 1.19. The van der Waals surface area contributed by atoms with Crippen molar-refractivity contribution in [2.45, 2.75) is 6.04 Å². The Morgan fingerprint density at radius 3 is 2.79 bits per heavy atom. The van der Waals surface area contributed by atoms with Gasteiger partial charge in [0.1, 0.15) is 11.8 Å². The normalized spacial score (nSPS) is 12.7. The molecule has 3 nitrogen and oxygen atoms in total. The van der Waals surface area contributed by atoms with E-state index in [1.165, 1.54) is 0 Å². The molecule has 0 fully saturated rings. The molecule has 0 aliphatic carbocycles. The Kier molecular flexibility index (Phi) is 2.65. The van der Waals surface area contributed by atoms with Gasteiger partial charge < -0.3 is 10.2 Å². The van der Waals surface area contributed by atoms with Gasteiger partial charge in [0.2, 0.25) is 0 Å². The zero-order valence-electron chi connectivity index (χ0n) is 7.35. The second kappa shape index (κ2) is 3.94. The molecule has 2 aromatic rings. The monoisotopic (exact) mass is 252 g/mol. The molecular formula is C10H9BrN2O. The Morgan fingerprint density at radius 2 is 2.21 bits per heavy atom. The molecule has 0 saturated carbocycles. The maximum atomic E-state index is 5.94. The van der Waals surface area contributed by atoms with E-state index in [-0.39, 0.29) is 6.04 Å². The van der Waals surface area contributed by atoms with Crippen LogP contribution in [0.15, 0.2) is 45.6 Å². The summed E-state index contributed by atoms with van der Waals surface area (Å²) in [5.74, 6) is 0.722. The molecule has 14 heavy (non-hydrogen) atoms. The lowest BCUT2D eigenvalue weighted by Crippen LogP contribution is -2.12. The number of halogens is 1. The van der Waals surface area contributed by atoms with Crippen molar-refractivity contribution in [1.29, 1.82) is 0 Å². The molecule has 2 rings (SSSR count). The van der Waals surface area contributed by atoms with Crippen LogP contribution < -0.4 is 5.73 Å². The number of rotatable bonds is 2. The highest BCUT2D eigenvalue weighted by atomic mass is 79.9. The molecule has 72 valence electrons. The molecule has 1 atom stereocenters. The number of nitrogens with two attached hydrogens (primary N) is 1. The van der Waals surface area contributed by atoms with E-state index in [2.05, 4.69) is 20.9 Å². The minimum Gasteiger partial charge on any atom is -0.467 e. The quantitative estimate of drug-likeness (QED) is 0.894. The molecule has 2 N–H and O–H groups in total. The van der Waals surface area contributed by atoms with Crippen LogP contribution in [0.3, 0.4) is 0 Å². The lowest BCUT2D eigenvalue weighted by molar-refractivity contribution is 0.486. The van der Waals surface area contributed by atoms with E-state index >= 15 is 0 Å². The highest BCUT2D eigenvalue weighted by molar-refractivity contribution is 9.10. The van der Waals surface area contributed by atoms with Gasteiger partial charge in [0.15, 0.2) is 0 Å². The van der Waals surface area contributed by atoms with Gasteiger partial charge in [-0.2, -0.15) is 0 Å². The van der Waals surface area contributed by atoms with Crippen molar-refractivity contribution in [1.82, 2.24) is 4.98 Å². The summed E-state index contributed by atoms with van der Waals surface area (Å²) in [6.07, 6.45) is 3.33. The molecule has 4 heteroatoms. The number of aromatic nitrogens is 1. The first-order valence-corrected chi connectivity index (χ1v) is 4.97. The first-order valence-electron chi connectivity index (χ1n) is 4.18. The van der Waals surface area contributed by atoms with Crippen LogP contribution in [0.2, 0.25) is 0 Å². The Labute approximate surface area is 90.1 Å². The van der Waals surface area contributed by atoms with Crippen molar-refractivity contribution in [3.63, 3.8) is 0 Å². The molecule has 0 aliphatic heterocycles. The van der Waals surface area contributed by atoms with Gasteiger partial charge in [-0.25, -0.2) is 0 Å². The number of hydrogen-bond acceptors (Lipinski definition) is 3. The molecule has 1 unspecified atom stereocenters. The Morgan fingerprint density at radius 1 is 1.36 bits per heavy atom. The first-order chi connectivity index (χ1) is 6.77. The number of furan rings is 1. The van der Waals surface area contributed by atoms with Crippen LogP contribution in [0.5, 0.6) is 0 Å². The minimum atomic E-state index is -0.293. The summed E-state index contributed by atoms with van der Waals surface area (Å²) in [5, 5.41) is 0. The lowest BCUT2D eigenvalue weighted by Gasteiger charge is -2.07. The van der Waals surface area contributed by atoms with Crippen molar-refractivity contribution in [2.24, 2.45) is 5.73 Å². The molecule has 0 amide bonds. The lowest BCUT2D eigenvalue weighted by atomic mass is 10.1. The van der Waals surface area contributed by atoms with E-state index in [0.29, 0.717) is 0 Å². The van der Waals surface area contributed by atoms with E-state index < -0.39 is 0 Å². The van der Waals surface area contributed by atoms with Crippen LogP contribution in [0, 0.1) is 0 Å². The molecule has 0 aromatic carbocycles. The van der Waals surface area contributed by atoms with Crippen LogP contribution in [0.4, 0.5) is 0 Å². The molecule has 0 bridgehead atoms. The fraction of sp³-hybridized carbons (Fsp3) is 0.100. The molecule has 2 aromatic heterocycles. The van der Waals surface area contributed by atoms with E-state index in [0.717, 1.165) is 15.9 Å². The molecule has 0 spiro atoms. The minimum absolute atomic E-state index is 0.293. The van der Waals surface area contributed by atoms with Gasteiger partial charge in [-0.3, -0.25) is 4.98 Å². The van der Waals surface area contributed by atoms with Gasteiger partial charge in [-0.1, -0.05) is 0 Å². The third-order valence-corrected chi connectivity index (χ3v) is 2.39. The van der Waals surface area contributed by atoms with Crippen LogP contribution in [0.1, 0.15) is 17.5 Å². The van der Waals surface area contributed by atoms with Crippen LogP contribution in [-0.2, 0) is 0 Å². The largest absolute Gasteiger partial charge is 0.467 e. The maximum Gasteiger partial charge on any atom is 0.126 e. The molecular weight excluding hydrogens is 244 g/mol. The molecule has 2 heterocycles. The van der Waals surface area contributed by atoms with Gasteiger partial charge in [-0.15, -0.1) is 0 Å². The van der Waals surface area contributed by atoms with Crippen molar-refractivity contribution >= 4 is 15.9 Å². The molecule has 0 radical (unpaired) electrons. The second-order valence-corrected chi connectivity index (χ2v) is 3.81. The van der Waals surface area contributed by atoms with E-state index in [4.69, 9.17) is 10.2 Å². The van der Waals surface area contributed by atoms with Crippen molar-refractivity contribution < 1.29 is 4.42 Å². The number of hydrogen-bond donors (Lipinski definition) is 1. The summed E-state index contributed by atoms with van der Waals surface area (Å²) in [5.41, 5.74) is 6.73. The van der Waals surface area contributed by atoms with Crippen molar-refractivity contribution in [3.05, 3.63) is 52.7 Å². The molecule has 0 aliphatic rings. The summed E-state index contributed by atoms with van der Waals surface area (Å²) in [4.78, 5) is 4.20. The summed E-state index contributed by atoms with van der Waals surface area (Å²) < 4.78 is 6.14. The zero-order chi connectivity index (χ0) is 9.97. The third-order valence-electron chi connectivity index (χ3n) is 1.92. The van der Waals surface area contributed by atoms with Crippen molar-refractivity contribution in [3.8, 4) is 0 Å². The topological polar surface area (TPSA) is 52.0 Å². The number of nitrogens with zero attached hydrogens (tertiary/aromatic N) is 1. The molecule has 0 saturated heterocycles. The number of pyridine rings is 1. The van der Waals surface area contributed by atoms with Gasteiger partial charge in [0, 0.05) is 10.7 Å². The third kappa shape index (κ3) is 1.86. The van der Waals surface area contributed by atoms with E-state index in [9.17, 15) is 0 Å². The summed E-state index contributed by atoms with van der Waals surface area (Å²) in [6.45, 7) is 0. The average Bonchev–Trinajstić information content (AvgIpc) is 2.71. The summed E-state index contributed by atoms with van der Waals surface area (Å²) >= 11 is 3.32. The average molecular weight is 253 g/mol. The van der Waals surface area contributed by atoms with Gasteiger partial charge in [-0.05, 0) is 40.2 Å². The SMILES string of the molecule is NC(c1ccc(Br)cn1)c1ccco1. The zero-order valence-corrected chi connectivity index (χ0v) is 8.94. The van der Waals surface area contributed by atoms with E-state index in [1.807, 2.05) is 24.3 Å². The predicted molar refractivity (Wildman–Crippen MR) is 56.7 cm³/mol. The maximum absolute atomic E-state index is 5.94. The predicted octanol–water partition coefficient (Wildman–Crippen LogP) is 2.49. The van der Waals surface area contributed by atoms with Crippen LogP contribution in [-0.4, -0.2) is 4.98 Å². The summed E-state index contributed by atoms with van der Waals surface area (Å²) in [6, 6.07) is 7.14.